The van der Waals surface area contributed by atoms with Crippen molar-refractivity contribution < 1.29 is 9.59 Å². The van der Waals surface area contributed by atoms with Crippen LogP contribution in [0.4, 0.5) is 5.69 Å². The van der Waals surface area contributed by atoms with Crippen molar-refractivity contribution in [1.82, 2.24) is 14.7 Å². The van der Waals surface area contributed by atoms with Crippen molar-refractivity contribution in [1.29, 1.82) is 0 Å². The Morgan fingerprint density at radius 1 is 1.03 bits per heavy atom. The SMILES string of the molecule is Cc1cccc(C(C)C)c1NC(=O)c1nc(C(=O)NC(C)(C)C)n2ccccc12. The number of benzene rings is 1. The highest BCUT2D eigenvalue weighted by atomic mass is 16.2. The van der Waals surface area contributed by atoms with E-state index in [4.69, 9.17) is 0 Å². The van der Waals surface area contributed by atoms with Crippen LogP contribution in [0.15, 0.2) is 42.6 Å². The highest BCUT2D eigenvalue weighted by molar-refractivity contribution is 6.09. The van der Waals surface area contributed by atoms with E-state index in [1.54, 1.807) is 16.7 Å². The van der Waals surface area contributed by atoms with E-state index in [0.29, 0.717) is 5.52 Å². The maximum absolute atomic E-state index is 13.2. The monoisotopic (exact) mass is 392 g/mol. The number of hydrogen-bond donors (Lipinski definition) is 2. The molecular weight excluding hydrogens is 364 g/mol. The van der Waals surface area contributed by atoms with Gasteiger partial charge in [-0.1, -0.05) is 38.1 Å². The maximum atomic E-state index is 13.2. The third-order valence-electron chi connectivity index (χ3n) is 4.62. The Hall–Kier alpha value is -3.15. The summed E-state index contributed by atoms with van der Waals surface area (Å²) in [6.07, 6.45) is 1.74. The molecule has 3 aromatic rings. The summed E-state index contributed by atoms with van der Waals surface area (Å²) < 4.78 is 1.65. The predicted octanol–water partition coefficient (Wildman–Crippen LogP) is 4.55. The Kier molecular flexibility index (Phi) is 5.46. The minimum atomic E-state index is -0.409. The van der Waals surface area contributed by atoms with Gasteiger partial charge in [0.2, 0.25) is 5.82 Å². The van der Waals surface area contributed by atoms with Gasteiger partial charge in [0.15, 0.2) is 5.69 Å². The Labute approximate surface area is 171 Å². The standard InChI is InChI=1S/C23H28N4O2/c1-14(2)16-11-9-10-15(3)18(16)25-21(28)19-17-12-7-8-13-27(17)20(24-19)22(29)26-23(4,5)6/h7-14H,1-6H3,(H,25,28)(H,26,29). The van der Waals surface area contributed by atoms with Crippen molar-refractivity contribution >= 4 is 23.0 Å². The number of anilines is 1. The van der Waals surface area contributed by atoms with E-state index in [0.717, 1.165) is 16.8 Å². The minimum absolute atomic E-state index is 0.189. The summed E-state index contributed by atoms with van der Waals surface area (Å²) in [6.45, 7) is 11.9. The van der Waals surface area contributed by atoms with Gasteiger partial charge >= 0.3 is 0 Å². The third kappa shape index (κ3) is 4.31. The molecule has 0 fully saturated rings. The highest BCUT2D eigenvalue weighted by Gasteiger charge is 2.25. The van der Waals surface area contributed by atoms with E-state index in [1.807, 2.05) is 58.0 Å². The second kappa shape index (κ2) is 7.70. The number of nitrogens with zero attached hydrogens (tertiary/aromatic N) is 2. The molecule has 1 aromatic carbocycles. The molecule has 0 saturated heterocycles. The molecule has 6 heteroatoms. The van der Waals surface area contributed by atoms with Gasteiger partial charge in [-0.3, -0.25) is 14.0 Å². The summed E-state index contributed by atoms with van der Waals surface area (Å²) in [6, 6.07) is 11.4. The van der Waals surface area contributed by atoms with Gasteiger partial charge in [0.1, 0.15) is 0 Å². The number of fused-ring (bicyclic) bond motifs is 1. The van der Waals surface area contributed by atoms with Crippen LogP contribution in [-0.4, -0.2) is 26.7 Å². The molecule has 0 spiro atoms. The minimum Gasteiger partial charge on any atom is -0.345 e. The van der Waals surface area contributed by atoms with E-state index in [-0.39, 0.29) is 29.3 Å². The molecular formula is C23H28N4O2. The van der Waals surface area contributed by atoms with Gasteiger partial charge in [-0.2, -0.15) is 0 Å². The van der Waals surface area contributed by atoms with Crippen LogP contribution in [-0.2, 0) is 0 Å². The van der Waals surface area contributed by atoms with Gasteiger partial charge in [0.05, 0.1) is 5.52 Å². The summed E-state index contributed by atoms with van der Waals surface area (Å²) in [5.74, 6) is -0.206. The van der Waals surface area contributed by atoms with Crippen molar-refractivity contribution in [3.05, 3.63) is 65.2 Å². The van der Waals surface area contributed by atoms with Crippen molar-refractivity contribution in [2.75, 3.05) is 5.32 Å². The lowest BCUT2D eigenvalue weighted by molar-refractivity contribution is 0.0908. The first kappa shape index (κ1) is 20.6. The van der Waals surface area contributed by atoms with Gasteiger partial charge in [0.25, 0.3) is 11.8 Å². The number of aromatic nitrogens is 2. The van der Waals surface area contributed by atoms with Crippen LogP contribution < -0.4 is 10.6 Å². The molecule has 6 nitrogen and oxygen atoms in total. The largest absolute Gasteiger partial charge is 0.345 e. The van der Waals surface area contributed by atoms with Crippen molar-refractivity contribution in [3.8, 4) is 0 Å². The molecule has 0 saturated carbocycles. The Balaban J connectivity index is 2.03. The molecule has 0 radical (unpaired) electrons. The van der Waals surface area contributed by atoms with Crippen LogP contribution in [0.5, 0.6) is 0 Å². The number of pyridine rings is 1. The number of carbonyl (C=O) groups is 2. The van der Waals surface area contributed by atoms with Crippen LogP contribution in [0, 0.1) is 6.92 Å². The van der Waals surface area contributed by atoms with E-state index in [9.17, 15) is 9.59 Å². The third-order valence-corrected chi connectivity index (χ3v) is 4.62. The molecule has 29 heavy (non-hydrogen) atoms. The average Bonchev–Trinajstić information content (AvgIpc) is 3.01. The van der Waals surface area contributed by atoms with E-state index >= 15 is 0 Å². The highest BCUT2D eigenvalue weighted by Crippen LogP contribution is 2.28. The van der Waals surface area contributed by atoms with Gasteiger partial charge in [-0.15, -0.1) is 0 Å². The van der Waals surface area contributed by atoms with Gasteiger partial charge in [0, 0.05) is 17.4 Å². The van der Waals surface area contributed by atoms with Crippen molar-refractivity contribution in [2.24, 2.45) is 0 Å². The molecule has 0 atom stereocenters. The fraction of sp³-hybridized carbons (Fsp3) is 0.348. The molecule has 2 aromatic heterocycles. The average molecular weight is 393 g/mol. The Morgan fingerprint density at radius 2 is 1.76 bits per heavy atom. The first-order valence-corrected chi connectivity index (χ1v) is 9.79. The lowest BCUT2D eigenvalue weighted by Gasteiger charge is -2.19. The molecule has 2 N–H and O–H groups in total. The Bertz CT molecular complexity index is 1070. The summed E-state index contributed by atoms with van der Waals surface area (Å²) >= 11 is 0. The first-order valence-electron chi connectivity index (χ1n) is 9.79. The predicted molar refractivity (Wildman–Crippen MR) is 116 cm³/mol. The number of aryl methyl sites for hydroxylation is 1. The summed E-state index contributed by atoms with van der Waals surface area (Å²) in [5.41, 5.74) is 3.25. The van der Waals surface area contributed by atoms with Gasteiger partial charge < -0.3 is 10.6 Å². The lowest BCUT2D eigenvalue weighted by Crippen LogP contribution is -2.41. The zero-order chi connectivity index (χ0) is 21.3. The summed E-state index contributed by atoms with van der Waals surface area (Å²) in [5, 5.41) is 5.93. The van der Waals surface area contributed by atoms with E-state index in [2.05, 4.69) is 29.5 Å². The molecule has 0 aliphatic heterocycles. The summed E-state index contributed by atoms with van der Waals surface area (Å²) in [7, 11) is 0. The first-order chi connectivity index (χ1) is 13.6. The number of carbonyl (C=O) groups excluding carboxylic acids is 2. The zero-order valence-electron chi connectivity index (χ0n) is 17.8. The second-order valence-electron chi connectivity index (χ2n) is 8.59. The Morgan fingerprint density at radius 3 is 2.41 bits per heavy atom. The zero-order valence-corrected chi connectivity index (χ0v) is 17.8. The molecule has 2 amide bonds. The molecule has 152 valence electrons. The van der Waals surface area contributed by atoms with Crippen LogP contribution >= 0.6 is 0 Å². The summed E-state index contributed by atoms with van der Waals surface area (Å²) in [4.78, 5) is 30.3. The molecule has 0 unspecified atom stereocenters. The number of imidazole rings is 1. The molecule has 0 aliphatic carbocycles. The van der Waals surface area contributed by atoms with Crippen LogP contribution in [0.25, 0.3) is 5.52 Å². The fourth-order valence-electron chi connectivity index (χ4n) is 3.28. The van der Waals surface area contributed by atoms with Gasteiger partial charge in [-0.05, 0) is 56.9 Å². The van der Waals surface area contributed by atoms with Crippen LogP contribution in [0.3, 0.4) is 0 Å². The molecule has 3 rings (SSSR count). The molecule has 0 bridgehead atoms. The topological polar surface area (TPSA) is 75.5 Å². The van der Waals surface area contributed by atoms with E-state index in [1.165, 1.54) is 0 Å². The van der Waals surface area contributed by atoms with Crippen LogP contribution in [0.1, 0.15) is 72.8 Å². The van der Waals surface area contributed by atoms with Gasteiger partial charge in [-0.25, -0.2) is 4.98 Å². The quantitative estimate of drug-likeness (QED) is 0.684. The number of rotatable bonds is 4. The normalized spacial score (nSPS) is 11.7. The smallest absolute Gasteiger partial charge is 0.288 e. The fourth-order valence-corrected chi connectivity index (χ4v) is 3.28. The second-order valence-corrected chi connectivity index (χ2v) is 8.59. The van der Waals surface area contributed by atoms with Crippen molar-refractivity contribution in [2.45, 2.75) is 53.0 Å². The number of nitrogens with one attached hydrogen (secondary N) is 2. The maximum Gasteiger partial charge on any atom is 0.288 e. The lowest BCUT2D eigenvalue weighted by atomic mass is 9.98. The molecule has 2 heterocycles. The number of para-hydroxylation sites is 1. The van der Waals surface area contributed by atoms with E-state index < -0.39 is 5.54 Å². The van der Waals surface area contributed by atoms with Crippen molar-refractivity contribution in [3.63, 3.8) is 0 Å². The van der Waals surface area contributed by atoms with Crippen LogP contribution in [0.2, 0.25) is 0 Å². The molecule has 0 aliphatic rings. The number of amides is 2. The number of hydrogen-bond acceptors (Lipinski definition) is 3.